The molecule has 5 heteroatoms. The average molecular weight is 334 g/mol. The van der Waals surface area contributed by atoms with Crippen LogP contribution in [-0.4, -0.2) is 23.0 Å². The van der Waals surface area contributed by atoms with E-state index in [1.54, 1.807) is 30.3 Å². The summed E-state index contributed by atoms with van der Waals surface area (Å²) in [5.74, 6) is -0.259. The topological polar surface area (TPSA) is 59.4 Å². The number of hydrogen-bond donors (Lipinski definition) is 1. The molecule has 0 fully saturated rings. The summed E-state index contributed by atoms with van der Waals surface area (Å²) < 4.78 is 5.71. The smallest absolute Gasteiger partial charge is 0.224 e. The number of ketones is 1. The number of hydrogen-bond acceptors (Lipinski definition) is 4. The Morgan fingerprint density at radius 2 is 2.05 bits per heavy atom. The number of pyridine rings is 1. The molecule has 1 aromatic heterocycles. The zero-order chi connectivity index (χ0) is 14.5. The minimum absolute atomic E-state index is 0.0994. The van der Waals surface area contributed by atoms with E-state index in [1.165, 1.54) is 13.3 Å². The minimum atomic E-state index is -0.378. The second kappa shape index (κ2) is 6.34. The van der Waals surface area contributed by atoms with E-state index >= 15 is 0 Å². The van der Waals surface area contributed by atoms with E-state index in [0.29, 0.717) is 10.0 Å². The monoisotopic (exact) mass is 333 g/mol. The summed E-state index contributed by atoms with van der Waals surface area (Å²) >= 11 is 3.25. The standard InChI is InChI=1S/C15H12BrNO3/c1-20-15-12(7-11(16)9-17-15)14(19)8-13(18)10-5-3-2-4-6-10/h2-9,18H,1H3. The first-order valence-corrected chi connectivity index (χ1v) is 6.61. The van der Waals surface area contributed by atoms with Gasteiger partial charge >= 0.3 is 0 Å². The number of rotatable bonds is 4. The third kappa shape index (κ3) is 3.24. The van der Waals surface area contributed by atoms with Crippen LogP contribution < -0.4 is 4.74 Å². The average Bonchev–Trinajstić information content (AvgIpc) is 2.48. The SMILES string of the molecule is COc1ncc(Br)cc1C(=O)C=C(O)c1ccccc1. The van der Waals surface area contributed by atoms with Gasteiger partial charge < -0.3 is 9.84 Å². The Morgan fingerprint density at radius 1 is 1.35 bits per heavy atom. The molecule has 4 nitrogen and oxygen atoms in total. The number of aromatic nitrogens is 1. The van der Waals surface area contributed by atoms with Gasteiger partial charge in [0.2, 0.25) is 5.88 Å². The van der Waals surface area contributed by atoms with Crippen LogP contribution in [-0.2, 0) is 0 Å². The molecule has 0 aliphatic heterocycles. The van der Waals surface area contributed by atoms with E-state index in [0.717, 1.165) is 6.08 Å². The number of methoxy groups -OCH3 is 1. The van der Waals surface area contributed by atoms with E-state index in [1.807, 2.05) is 6.07 Å². The third-order valence-corrected chi connectivity index (χ3v) is 3.05. The van der Waals surface area contributed by atoms with Crippen LogP contribution in [0, 0.1) is 0 Å². The van der Waals surface area contributed by atoms with Gasteiger partial charge in [0.05, 0.1) is 12.7 Å². The van der Waals surface area contributed by atoms with E-state index < -0.39 is 0 Å². The Morgan fingerprint density at radius 3 is 2.70 bits per heavy atom. The summed E-state index contributed by atoms with van der Waals surface area (Å²) in [6, 6.07) is 10.4. The van der Waals surface area contributed by atoms with E-state index in [4.69, 9.17) is 4.74 Å². The zero-order valence-electron chi connectivity index (χ0n) is 10.7. The number of carbonyl (C=O) groups excluding carboxylic acids is 1. The van der Waals surface area contributed by atoms with Crippen molar-refractivity contribution < 1.29 is 14.6 Å². The van der Waals surface area contributed by atoms with E-state index in [-0.39, 0.29) is 23.0 Å². The molecule has 0 aliphatic rings. The molecule has 0 saturated heterocycles. The maximum Gasteiger partial charge on any atom is 0.224 e. The number of ether oxygens (including phenoxy) is 1. The number of benzene rings is 1. The highest BCUT2D eigenvalue weighted by atomic mass is 79.9. The Bertz CT molecular complexity index is 653. The number of aliphatic hydroxyl groups is 1. The Hall–Kier alpha value is -2.14. The quantitative estimate of drug-likeness (QED) is 0.527. The van der Waals surface area contributed by atoms with Crippen LogP contribution in [0.15, 0.2) is 53.1 Å². The lowest BCUT2D eigenvalue weighted by Gasteiger charge is -2.05. The van der Waals surface area contributed by atoms with Gasteiger partial charge in [-0.1, -0.05) is 30.3 Å². The maximum atomic E-state index is 12.2. The Balaban J connectivity index is 2.35. The van der Waals surface area contributed by atoms with Gasteiger partial charge in [0, 0.05) is 22.3 Å². The van der Waals surface area contributed by atoms with Crippen LogP contribution in [0.1, 0.15) is 15.9 Å². The van der Waals surface area contributed by atoms with Crippen LogP contribution in [0.4, 0.5) is 0 Å². The zero-order valence-corrected chi connectivity index (χ0v) is 12.3. The molecule has 1 heterocycles. The molecule has 2 rings (SSSR count). The van der Waals surface area contributed by atoms with Crippen LogP contribution >= 0.6 is 15.9 Å². The summed E-state index contributed by atoms with van der Waals surface area (Å²) in [7, 11) is 1.44. The van der Waals surface area contributed by atoms with E-state index in [9.17, 15) is 9.90 Å². The fourth-order valence-electron chi connectivity index (χ4n) is 1.66. The van der Waals surface area contributed by atoms with Crippen molar-refractivity contribution >= 4 is 27.5 Å². The lowest BCUT2D eigenvalue weighted by atomic mass is 10.1. The molecule has 0 spiro atoms. The normalized spacial score (nSPS) is 11.2. The molecule has 20 heavy (non-hydrogen) atoms. The predicted octanol–water partition coefficient (Wildman–Crippen LogP) is 3.63. The first kappa shape index (κ1) is 14.3. The molecule has 2 aromatic rings. The van der Waals surface area contributed by atoms with Gasteiger partial charge in [0.25, 0.3) is 0 Å². The number of allylic oxidation sites excluding steroid dienone is 1. The van der Waals surface area contributed by atoms with Gasteiger partial charge in [0.1, 0.15) is 5.76 Å². The number of carbonyl (C=O) groups is 1. The summed E-state index contributed by atoms with van der Waals surface area (Å²) in [6.45, 7) is 0. The Kier molecular flexibility index (Phi) is 4.53. The third-order valence-electron chi connectivity index (χ3n) is 2.61. The molecular formula is C15H12BrNO3. The van der Waals surface area contributed by atoms with Crippen molar-refractivity contribution in [3.63, 3.8) is 0 Å². The van der Waals surface area contributed by atoms with Crippen molar-refractivity contribution in [3.8, 4) is 5.88 Å². The maximum absolute atomic E-state index is 12.2. The summed E-state index contributed by atoms with van der Waals surface area (Å²) in [5.41, 5.74) is 0.854. The highest BCUT2D eigenvalue weighted by Gasteiger charge is 2.13. The molecule has 0 amide bonds. The molecule has 0 atom stereocenters. The van der Waals surface area contributed by atoms with Crippen LogP contribution in [0.5, 0.6) is 5.88 Å². The molecular weight excluding hydrogens is 322 g/mol. The molecule has 0 saturated carbocycles. The molecule has 0 unspecified atom stereocenters. The number of aliphatic hydroxyl groups excluding tert-OH is 1. The highest BCUT2D eigenvalue weighted by molar-refractivity contribution is 9.10. The summed E-state index contributed by atoms with van der Waals surface area (Å²) in [5, 5.41) is 9.95. The lowest BCUT2D eigenvalue weighted by Crippen LogP contribution is -2.02. The molecule has 0 radical (unpaired) electrons. The van der Waals surface area contributed by atoms with Crippen LogP contribution in [0.25, 0.3) is 5.76 Å². The largest absolute Gasteiger partial charge is 0.507 e. The predicted molar refractivity (Wildman–Crippen MR) is 79.9 cm³/mol. The van der Waals surface area contributed by atoms with Crippen molar-refractivity contribution in [2.45, 2.75) is 0 Å². The van der Waals surface area contributed by atoms with Crippen LogP contribution in [0.2, 0.25) is 0 Å². The van der Waals surface area contributed by atoms with Gasteiger partial charge in [-0.2, -0.15) is 0 Å². The van der Waals surface area contributed by atoms with Gasteiger partial charge in [0.15, 0.2) is 5.78 Å². The lowest BCUT2D eigenvalue weighted by molar-refractivity contribution is 0.104. The first-order chi connectivity index (χ1) is 9.61. The van der Waals surface area contributed by atoms with Gasteiger partial charge in [-0.3, -0.25) is 4.79 Å². The molecule has 102 valence electrons. The van der Waals surface area contributed by atoms with Crippen LogP contribution in [0.3, 0.4) is 0 Å². The fraction of sp³-hybridized carbons (Fsp3) is 0.0667. The second-order valence-electron chi connectivity index (χ2n) is 3.97. The van der Waals surface area contributed by atoms with Crippen molar-refractivity contribution in [2.24, 2.45) is 0 Å². The van der Waals surface area contributed by atoms with Crippen molar-refractivity contribution in [1.29, 1.82) is 0 Å². The molecule has 1 aromatic carbocycles. The fourth-order valence-corrected chi connectivity index (χ4v) is 1.99. The highest BCUT2D eigenvalue weighted by Crippen LogP contribution is 2.22. The van der Waals surface area contributed by atoms with E-state index in [2.05, 4.69) is 20.9 Å². The number of halogens is 1. The van der Waals surface area contributed by atoms with Gasteiger partial charge in [-0.25, -0.2) is 4.98 Å². The molecule has 0 bridgehead atoms. The summed E-state index contributed by atoms with van der Waals surface area (Å²) in [6.07, 6.45) is 2.69. The van der Waals surface area contributed by atoms with Gasteiger partial charge in [-0.15, -0.1) is 0 Å². The molecule has 0 aliphatic carbocycles. The van der Waals surface area contributed by atoms with Crippen molar-refractivity contribution in [1.82, 2.24) is 4.98 Å². The summed E-state index contributed by atoms with van der Waals surface area (Å²) in [4.78, 5) is 16.2. The van der Waals surface area contributed by atoms with Crippen molar-refractivity contribution in [3.05, 3.63) is 64.3 Å². The minimum Gasteiger partial charge on any atom is -0.507 e. The molecule has 1 N–H and O–H groups in total. The Labute approximate surface area is 124 Å². The van der Waals surface area contributed by atoms with Crippen molar-refractivity contribution in [2.75, 3.05) is 7.11 Å². The second-order valence-corrected chi connectivity index (χ2v) is 4.89. The first-order valence-electron chi connectivity index (χ1n) is 5.81. The van der Waals surface area contributed by atoms with Gasteiger partial charge in [-0.05, 0) is 22.0 Å². The number of nitrogens with zero attached hydrogens (tertiary/aromatic N) is 1.